The number of rotatable bonds is 5. The molecule has 0 aliphatic heterocycles. The third kappa shape index (κ3) is 4.98. The predicted molar refractivity (Wildman–Crippen MR) is 236 cm³/mol. The van der Waals surface area contributed by atoms with E-state index in [0.717, 1.165) is 61.0 Å². The Morgan fingerprint density at radius 1 is 0.439 bits per heavy atom. The molecule has 0 bridgehead atoms. The molecule has 0 unspecified atom stereocenters. The number of aromatic nitrogens is 4. The van der Waals surface area contributed by atoms with Crippen molar-refractivity contribution >= 4 is 75.3 Å². The molecule has 0 saturated heterocycles. The average molecular weight is 747 g/mol. The minimum atomic E-state index is 0.584. The Kier molecular flexibility index (Phi) is 7.03. The summed E-state index contributed by atoms with van der Waals surface area (Å²) in [4.78, 5) is 15.6. The second-order valence-electron chi connectivity index (χ2n) is 14.3. The first-order chi connectivity index (χ1) is 28.3. The summed E-state index contributed by atoms with van der Waals surface area (Å²) in [5.74, 6) is 1.80. The summed E-state index contributed by atoms with van der Waals surface area (Å²) in [5, 5.41) is 6.91. The second kappa shape index (κ2) is 12.6. The van der Waals surface area contributed by atoms with Crippen molar-refractivity contribution in [2.24, 2.45) is 0 Å². The van der Waals surface area contributed by atoms with Gasteiger partial charge in [-0.25, -0.2) is 15.0 Å². The van der Waals surface area contributed by atoms with E-state index < -0.39 is 0 Å². The van der Waals surface area contributed by atoms with E-state index in [2.05, 4.69) is 138 Å². The number of furan rings is 1. The Hall–Kier alpha value is -7.41. The molecule has 0 aliphatic rings. The Morgan fingerprint density at radius 2 is 1.07 bits per heavy atom. The molecule has 0 radical (unpaired) electrons. The molecular formula is C51H30N4OS. The van der Waals surface area contributed by atoms with E-state index in [4.69, 9.17) is 19.4 Å². The molecular weight excluding hydrogens is 717 g/mol. The first kappa shape index (κ1) is 31.9. The van der Waals surface area contributed by atoms with Crippen LogP contribution in [0.25, 0.3) is 115 Å². The van der Waals surface area contributed by atoms with Crippen LogP contribution in [0.15, 0.2) is 186 Å². The molecule has 4 heterocycles. The summed E-state index contributed by atoms with van der Waals surface area (Å²) in [7, 11) is 0. The topological polar surface area (TPSA) is 56.7 Å². The summed E-state index contributed by atoms with van der Waals surface area (Å²) < 4.78 is 11.9. The Labute approximate surface area is 330 Å². The van der Waals surface area contributed by atoms with E-state index in [1.54, 1.807) is 0 Å². The number of para-hydroxylation sites is 2. The van der Waals surface area contributed by atoms with Crippen LogP contribution in [-0.2, 0) is 0 Å². The largest absolute Gasteiger partial charge is 0.454 e. The van der Waals surface area contributed by atoms with Crippen LogP contribution in [0.4, 0.5) is 0 Å². The number of benzene rings is 8. The molecule has 12 aromatic rings. The van der Waals surface area contributed by atoms with Gasteiger partial charge in [-0.15, -0.1) is 11.3 Å². The number of thiophene rings is 1. The van der Waals surface area contributed by atoms with Gasteiger partial charge in [0.05, 0.1) is 21.4 Å². The second-order valence-corrected chi connectivity index (χ2v) is 15.4. The number of hydrogen-bond acceptors (Lipinski definition) is 5. The predicted octanol–water partition coefficient (Wildman–Crippen LogP) is 13.9. The van der Waals surface area contributed by atoms with Crippen LogP contribution in [0.5, 0.6) is 0 Å². The maximum absolute atomic E-state index is 6.94. The third-order valence-electron chi connectivity index (χ3n) is 11.1. The van der Waals surface area contributed by atoms with Gasteiger partial charge in [0.2, 0.25) is 0 Å². The monoisotopic (exact) mass is 746 g/mol. The van der Waals surface area contributed by atoms with E-state index in [1.165, 1.54) is 36.5 Å². The lowest BCUT2D eigenvalue weighted by atomic mass is 10.0. The zero-order valence-corrected chi connectivity index (χ0v) is 31.2. The molecule has 0 saturated carbocycles. The summed E-state index contributed by atoms with van der Waals surface area (Å²) in [6.07, 6.45) is 0. The molecule has 0 fully saturated rings. The number of nitrogens with zero attached hydrogens (tertiary/aromatic N) is 4. The Bertz CT molecular complexity index is 3530. The highest BCUT2D eigenvalue weighted by Crippen LogP contribution is 2.46. The molecule has 0 N–H and O–H groups in total. The minimum absolute atomic E-state index is 0.584. The van der Waals surface area contributed by atoms with E-state index >= 15 is 0 Å². The molecule has 12 rings (SSSR count). The van der Waals surface area contributed by atoms with Crippen molar-refractivity contribution in [3.63, 3.8) is 0 Å². The first-order valence-corrected chi connectivity index (χ1v) is 19.8. The molecule has 0 amide bonds. The van der Waals surface area contributed by atoms with Crippen LogP contribution < -0.4 is 0 Å². The summed E-state index contributed by atoms with van der Waals surface area (Å²) in [5.41, 5.74) is 9.81. The van der Waals surface area contributed by atoms with Crippen LogP contribution in [-0.4, -0.2) is 19.5 Å². The van der Waals surface area contributed by atoms with Gasteiger partial charge in [0, 0.05) is 53.7 Å². The van der Waals surface area contributed by atoms with Crippen molar-refractivity contribution in [3.8, 4) is 51.0 Å². The van der Waals surface area contributed by atoms with Gasteiger partial charge < -0.3 is 8.98 Å². The van der Waals surface area contributed by atoms with Crippen molar-refractivity contribution in [2.75, 3.05) is 0 Å². The van der Waals surface area contributed by atoms with Crippen LogP contribution >= 0.6 is 11.3 Å². The molecule has 266 valence electrons. The van der Waals surface area contributed by atoms with Gasteiger partial charge >= 0.3 is 0 Å². The van der Waals surface area contributed by atoms with Crippen LogP contribution in [0.1, 0.15) is 0 Å². The SMILES string of the molecule is c1ccc(-c2cccc(-c3nc(-c4ccccc4)nc(-c4ccc(-n5c6ccccc6c6ccc7c8ccccc8sc7c65)c5oc6ccccc6c45)n3)c2)cc1. The zero-order valence-electron chi connectivity index (χ0n) is 30.4. The van der Waals surface area contributed by atoms with Gasteiger partial charge in [0.1, 0.15) is 5.58 Å². The molecule has 0 aliphatic carbocycles. The van der Waals surface area contributed by atoms with Gasteiger partial charge in [0.25, 0.3) is 0 Å². The van der Waals surface area contributed by atoms with Crippen molar-refractivity contribution in [1.29, 1.82) is 0 Å². The van der Waals surface area contributed by atoms with E-state index in [1.807, 2.05) is 59.9 Å². The van der Waals surface area contributed by atoms with Gasteiger partial charge in [-0.3, -0.25) is 0 Å². The summed E-state index contributed by atoms with van der Waals surface area (Å²) in [6, 6.07) is 63.5. The lowest BCUT2D eigenvalue weighted by Gasteiger charge is -2.13. The van der Waals surface area contributed by atoms with Crippen molar-refractivity contribution < 1.29 is 4.42 Å². The first-order valence-electron chi connectivity index (χ1n) is 19.0. The normalized spacial score (nSPS) is 11.9. The fourth-order valence-corrected chi connectivity index (χ4v) is 9.71. The van der Waals surface area contributed by atoms with Gasteiger partial charge in [-0.2, -0.15) is 0 Å². The van der Waals surface area contributed by atoms with E-state index in [0.29, 0.717) is 17.5 Å². The highest BCUT2D eigenvalue weighted by molar-refractivity contribution is 7.26. The Balaban J connectivity index is 1.15. The smallest absolute Gasteiger partial charge is 0.164 e. The number of fused-ring (bicyclic) bond motifs is 10. The number of hydrogen-bond donors (Lipinski definition) is 0. The van der Waals surface area contributed by atoms with E-state index in [-0.39, 0.29) is 0 Å². The summed E-state index contributed by atoms with van der Waals surface area (Å²) >= 11 is 1.85. The quantitative estimate of drug-likeness (QED) is 0.176. The zero-order chi connectivity index (χ0) is 37.5. The van der Waals surface area contributed by atoms with Crippen molar-refractivity contribution in [2.45, 2.75) is 0 Å². The molecule has 5 nitrogen and oxygen atoms in total. The fourth-order valence-electron chi connectivity index (χ4n) is 8.47. The third-order valence-corrected chi connectivity index (χ3v) is 12.3. The standard InChI is InChI=1S/C51H30N4OS/c1-3-14-31(15-4-1)33-18-13-19-34(30-33)50-52-49(32-16-5-2-6-17-32)53-51(54-50)40-28-29-42(47-45(40)39-22-8-11-24-43(39)56-47)55-41-23-10-7-20-35(41)37-26-27-38-36-21-9-12-25-44(36)57-48(38)46(37)55/h1-30H. The highest BCUT2D eigenvalue weighted by atomic mass is 32.1. The minimum Gasteiger partial charge on any atom is -0.454 e. The molecule has 8 aromatic carbocycles. The molecule has 4 aromatic heterocycles. The molecule has 0 spiro atoms. The van der Waals surface area contributed by atoms with Gasteiger partial charge in [-0.05, 0) is 47.5 Å². The molecule has 0 atom stereocenters. The van der Waals surface area contributed by atoms with Gasteiger partial charge in [0.15, 0.2) is 23.1 Å². The van der Waals surface area contributed by atoms with E-state index in [9.17, 15) is 0 Å². The fraction of sp³-hybridized carbons (Fsp3) is 0. The van der Waals surface area contributed by atoms with Crippen molar-refractivity contribution in [1.82, 2.24) is 19.5 Å². The Morgan fingerprint density at radius 3 is 1.91 bits per heavy atom. The maximum Gasteiger partial charge on any atom is 0.164 e. The van der Waals surface area contributed by atoms with Crippen LogP contribution in [0.3, 0.4) is 0 Å². The molecule has 6 heteroatoms. The van der Waals surface area contributed by atoms with Crippen LogP contribution in [0, 0.1) is 0 Å². The van der Waals surface area contributed by atoms with Crippen molar-refractivity contribution in [3.05, 3.63) is 182 Å². The maximum atomic E-state index is 6.94. The average Bonchev–Trinajstić information content (AvgIpc) is 3.97. The van der Waals surface area contributed by atoms with Crippen LogP contribution in [0.2, 0.25) is 0 Å². The lowest BCUT2D eigenvalue weighted by molar-refractivity contribution is 0.666. The highest BCUT2D eigenvalue weighted by Gasteiger charge is 2.24. The lowest BCUT2D eigenvalue weighted by Crippen LogP contribution is -2.01. The van der Waals surface area contributed by atoms with Gasteiger partial charge in [-0.1, -0.05) is 146 Å². The molecule has 57 heavy (non-hydrogen) atoms. The summed E-state index contributed by atoms with van der Waals surface area (Å²) in [6.45, 7) is 0.